The van der Waals surface area contributed by atoms with Crippen LogP contribution in [0, 0.1) is 23.7 Å². The molecule has 16 heteroatoms. The van der Waals surface area contributed by atoms with Gasteiger partial charge in [-0.25, -0.2) is 4.79 Å². The highest BCUT2D eigenvalue weighted by Crippen LogP contribution is 2.40. The Morgan fingerprint density at radius 1 is 0.600 bits per heavy atom. The van der Waals surface area contributed by atoms with Crippen LogP contribution in [-0.4, -0.2) is 93.9 Å². The number of hydrogen-bond acceptors (Lipinski definition) is 12. The number of methoxy groups -OCH3 is 1. The molecule has 3 heterocycles. The van der Waals surface area contributed by atoms with Crippen LogP contribution in [0.25, 0.3) is 20.9 Å². The summed E-state index contributed by atoms with van der Waals surface area (Å²) in [7, 11) is 1.48. The predicted molar refractivity (Wildman–Crippen MR) is 219 cm³/mol. The fourth-order valence-corrected chi connectivity index (χ4v) is 8.21. The lowest BCUT2D eigenvalue weighted by Crippen LogP contribution is -2.62. The molecule has 16 nitrogen and oxygen atoms in total. The minimum atomic E-state index is -1.13. The van der Waals surface area contributed by atoms with E-state index >= 15 is 0 Å². The number of benzene rings is 3. The second kappa shape index (κ2) is 21.8. The lowest BCUT2D eigenvalue weighted by atomic mass is 9.82. The van der Waals surface area contributed by atoms with Crippen molar-refractivity contribution in [2.75, 3.05) is 20.3 Å². The van der Waals surface area contributed by atoms with E-state index < -0.39 is 79.3 Å². The normalized spacial score (nSPS) is 34.1. The van der Waals surface area contributed by atoms with Crippen molar-refractivity contribution >= 4 is 5.97 Å². The smallest absolute Gasteiger partial charge is 0.338 e. The summed E-state index contributed by atoms with van der Waals surface area (Å²) in [5.74, 6) is -1.74. The zero-order valence-electron chi connectivity index (χ0n) is 34.9. The second-order valence-corrected chi connectivity index (χ2v) is 15.8. The minimum absolute atomic E-state index is 0.0258. The van der Waals surface area contributed by atoms with Crippen LogP contribution in [0.3, 0.4) is 0 Å². The third-order valence-corrected chi connectivity index (χ3v) is 11.9. The molecular formula is C44H56N6O10. The van der Waals surface area contributed by atoms with Gasteiger partial charge in [0.15, 0.2) is 25.0 Å². The molecule has 3 aromatic rings. The van der Waals surface area contributed by atoms with Gasteiger partial charge in [0.05, 0.1) is 68.5 Å². The third-order valence-electron chi connectivity index (χ3n) is 11.9. The Hall–Kier alpha value is -4.57. The summed E-state index contributed by atoms with van der Waals surface area (Å²) in [5.41, 5.74) is 21.5. The third kappa shape index (κ3) is 11.0. The van der Waals surface area contributed by atoms with Crippen molar-refractivity contribution in [1.82, 2.24) is 0 Å². The molecule has 3 aliphatic heterocycles. The van der Waals surface area contributed by atoms with E-state index in [0.717, 1.165) is 11.1 Å². The molecule has 6 rings (SSSR count). The summed E-state index contributed by atoms with van der Waals surface area (Å²) in [6.45, 7) is 10.8. The molecule has 6 unspecified atom stereocenters. The molecule has 0 spiro atoms. The highest BCUT2D eigenvalue weighted by atomic mass is 16.8. The van der Waals surface area contributed by atoms with Crippen LogP contribution < -0.4 is 0 Å². The fraction of sp³-hybridized carbons (Fsp3) is 0.568. The monoisotopic (exact) mass is 828 g/mol. The van der Waals surface area contributed by atoms with E-state index in [4.69, 9.17) is 42.6 Å². The zero-order valence-corrected chi connectivity index (χ0v) is 34.9. The fourth-order valence-electron chi connectivity index (χ4n) is 8.21. The van der Waals surface area contributed by atoms with Gasteiger partial charge in [0, 0.05) is 22.9 Å². The molecule has 0 bridgehead atoms. The molecule has 0 aromatic heterocycles. The summed E-state index contributed by atoms with van der Waals surface area (Å²) in [4.78, 5) is 20.0. The van der Waals surface area contributed by atoms with Gasteiger partial charge in [0.1, 0.15) is 6.10 Å². The van der Waals surface area contributed by atoms with Gasteiger partial charge in [0.25, 0.3) is 0 Å². The summed E-state index contributed by atoms with van der Waals surface area (Å²) < 4.78 is 57.3. The lowest BCUT2D eigenvalue weighted by Gasteiger charge is -2.50. The van der Waals surface area contributed by atoms with Crippen LogP contribution in [0.4, 0.5) is 0 Å². The summed E-state index contributed by atoms with van der Waals surface area (Å²) >= 11 is 0. The molecule has 0 radical (unpaired) electrons. The summed E-state index contributed by atoms with van der Waals surface area (Å²) in [6.07, 6.45) is -7.16. The number of nitrogens with zero attached hydrogens (tertiary/aromatic N) is 6. The van der Waals surface area contributed by atoms with Crippen LogP contribution in [0.15, 0.2) is 101 Å². The van der Waals surface area contributed by atoms with Gasteiger partial charge in [-0.15, -0.1) is 0 Å². The highest BCUT2D eigenvalue weighted by Gasteiger charge is 2.52. The quantitative estimate of drug-likeness (QED) is 0.0554. The van der Waals surface area contributed by atoms with Crippen molar-refractivity contribution in [3.8, 4) is 0 Å². The molecule has 0 amide bonds. The number of ether oxygens (including phenoxy) is 9. The number of carbonyl (C=O) groups is 1. The van der Waals surface area contributed by atoms with Gasteiger partial charge in [-0.1, -0.05) is 117 Å². The van der Waals surface area contributed by atoms with E-state index in [2.05, 4.69) is 20.1 Å². The van der Waals surface area contributed by atoms with Crippen molar-refractivity contribution in [2.45, 2.75) is 115 Å². The number of esters is 1. The van der Waals surface area contributed by atoms with Gasteiger partial charge in [0.2, 0.25) is 0 Å². The van der Waals surface area contributed by atoms with E-state index in [1.807, 2.05) is 101 Å². The molecule has 0 saturated carbocycles. The Morgan fingerprint density at radius 3 is 1.68 bits per heavy atom. The molecule has 3 saturated heterocycles. The highest BCUT2D eigenvalue weighted by molar-refractivity contribution is 5.89. The van der Waals surface area contributed by atoms with Crippen LogP contribution in [-0.2, 0) is 55.8 Å². The first-order valence-corrected chi connectivity index (χ1v) is 20.5. The van der Waals surface area contributed by atoms with E-state index in [0.29, 0.717) is 25.4 Å². The summed E-state index contributed by atoms with van der Waals surface area (Å²) in [6, 6.07) is 26.8. The lowest BCUT2D eigenvalue weighted by molar-refractivity contribution is -0.348. The van der Waals surface area contributed by atoms with Crippen molar-refractivity contribution in [3.05, 3.63) is 129 Å². The van der Waals surface area contributed by atoms with Gasteiger partial charge in [-0.3, -0.25) is 0 Å². The van der Waals surface area contributed by atoms with Crippen LogP contribution in [0.2, 0.25) is 0 Å². The molecule has 0 N–H and O–H groups in total. The minimum Gasteiger partial charge on any atom is -0.453 e. The van der Waals surface area contributed by atoms with Crippen molar-refractivity contribution in [3.63, 3.8) is 0 Å². The number of carbonyl (C=O) groups excluding carboxylic acids is 1. The van der Waals surface area contributed by atoms with Gasteiger partial charge in [-0.05, 0) is 59.0 Å². The number of rotatable bonds is 17. The van der Waals surface area contributed by atoms with Crippen molar-refractivity contribution in [1.29, 1.82) is 0 Å². The molecule has 3 fully saturated rings. The summed E-state index contributed by atoms with van der Waals surface area (Å²) in [5, 5.41) is 8.15. The van der Waals surface area contributed by atoms with E-state index in [9.17, 15) is 15.9 Å². The van der Waals surface area contributed by atoms with Crippen LogP contribution in [0.1, 0.15) is 56.1 Å². The topological polar surface area (TPSA) is 198 Å². The van der Waals surface area contributed by atoms with Gasteiger partial charge >= 0.3 is 5.97 Å². The van der Waals surface area contributed by atoms with E-state index in [-0.39, 0.29) is 24.5 Å². The molecule has 3 aliphatic rings. The zero-order chi connectivity index (χ0) is 42.6. The molecule has 15 atom stereocenters. The Bertz CT molecular complexity index is 1890. The standard InChI is InChI=1S/C44H56N6O10/c1-26-27(2)36(47-49-45)43(56-34(26)24-53-22-31-16-10-7-11-17-31)59-38-29(4)40(58-41(51)33-20-14-9-15-21-33)44(55-30(38)5)60-39-28(3)37(48-50-46)42(52-6)57-35(39)25-54-23-32-18-12-8-13-19-32/h7-21,26-30,34-40,42-44H,22-25H2,1-6H3/t26-,27-,28+,29-,30?,34?,35?,36?,37?,38-,39-,40?,42-,43+,44-/m0/s1. The van der Waals surface area contributed by atoms with Crippen molar-refractivity contribution in [2.24, 2.45) is 33.9 Å². The average molecular weight is 829 g/mol. The van der Waals surface area contributed by atoms with Crippen LogP contribution in [0.5, 0.6) is 0 Å². The maximum Gasteiger partial charge on any atom is 0.338 e. The first-order valence-electron chi connectivity index (χ1n) is 20.5. The van der Waals surface area contributed by atoms with Gasteiger partial charge < -0.3 is 42.6 Å². The number of azide groups is 2. The Labute approximate surface area is 350 Å². The molecule has 3 aromatic carbocycles. The molecular weight excluding hydrogens is 773 g/mol. The maximum absolute atomic E-state index is 13.8. The van der Waals surface area contributed by atoms with Crippen molar-refractivity contribution < 1.29 is 47.4 Å². The second-order valence-electron chi connectivity index (χ2n) is 15.8. The molecule has 322 valence electrons. The Kier molecular flexibility index (Phi) is 16.3. The SMILES string of the molecule is CO[C@H]1OC(COCc2ccccc2)[C@@H](O[C@@H]2OC(C)[C@@H](O[C@H]3OC(COCc4ccccc4)[C@@H](C)[C@H](C)C3N=[N+]=[N-])[C@H](C)C2OC(=O)c2ccccc2)[C@H](C)C1N=[N+]=[N-]. The molecule has 0 aliphatic carbocycles. The number of hydrogen-bond donors (Lipinski definition) is 0. The Balaban J connectivity index is 1.25. The van der Waals surface area contributed by atoms with Gasteiger partial charge in [-0.2, -0.15) is 0 Å². The molecule has 60 heavy (non-hydrogen) atoms. The first kappa shape index (κ1) is 45.0. The first-order chi connectivity index (χ1) is 29.1. The van der Waals surface area contributed by atoms with E-state index in [1.165, 1.54) is 7.11 Å². The Morgan fingerprint density at radius 2 is 1.12 bits per heavy atom. The average Bonchev–Trinajstić information content (AvgIpc) is 3.26. The van der Waals surface area contributed by atoms with Crippen LogP contribution >= 0.6 is 0 Å². The predicted octanol–water partition coefficient (Wildman–Crippen LogP) is 8.16. The van der Waals surface area contributed by atoms with E-state index in [1.54, 1.807) is 24.3 Å². The maximum atomic E-state index is 13.8. The largest absolute Gasteiger partial charge is 0.453 e.